The van der Waals surface area contributed by atoms with Crippen LogP contribution in [0.1, 0.15) is 72.9 Å². The highest BCUT2D eigenvalue weighted by molar-refractivity contribution is 5.98. The van der Waals surface area contributed by atoms with E-state index in [1.165, 1.54) is 0 Å². The van der Waals surface area contributed by atoms with Gasteiger partial charge < -0.3 is 24.7 Å². The Labute approximate surface area is 191 Å². The Kier molecular flexibility index (Phi) is 7.31. The average Bonchev–Trinajstić information content (AvgIpc) is 2.66. The third-order valence-electron chi connectivity index (χ3n) is 3.79. The average molecular weight is 462 g/mol. The van der Waals surface area contributed by atoms with E-state index in [4.69, 9.17) is 19.9 Å². The molecule has 2 N–H and O–H groups in total. The van der Waals surface area contributed by atoms with E-state index < -0.39 is 40.6 Å². The van der Waals surface area contributed by atoms with Crippen molar-refractivity contribution in [3.05, 3.63) is 47.0 Å². The van der Waals surface area contributed by atoms with Gasteiger partial charge in [0, 0.05) is 12.1 Å². The van der Waals surface area contributed by atoms with Gasteiger partial charge >= 0.3 is 17.9 Å². The Hall–Kier alpha value is -3.69. The molecule has 1 aromatic heterocycles. The molecule has 33 heavy (non-hydrogen) atoms. The van der Waals surface area contributed by atoms with E-state index in [-0.39, 0.29) is 28.4 Å². The van der Waals surface area contributed by atoms with E-state index in [9.17, 15) is 18.8 Å². The maximum Gasteiger partial charge on any atom is 0.359 e. The third kappa shape index (κ3) is 6.90. The highest BCUT2D eigenvalue weighted by Crippen LogP contribution is 2.34. The van der Waals surface area contributed by atoms with Crippen molar-refractivity contribution < 1.29 is 37.7 Å². The number of nitrogens with two attached hydrogens (primary N) is 1. The van der Waals surface area contributed by atoms with Crippen molar-refractivity contribution in [3.8, 4) is 11.5 Å². The molecular weight excluding hydrogens is 435 g/mol. The van der Waals surface area contributed by atoms with Gasteiger partial charge in [-0.25, -0.2) is 23.8 Å². The zero-order valence-electron chi connectivity index (χ0n) is 19.6. The van der Waals surface area contributed by atoms with Gasteiger partial charge in [0.2, 0.25) is 0 Å². The smallest absolute Gasteiger partial charge is 0.359 e. The van der Waals surface area contributed by atoms with Gasteiger partial charge in [0.05, 0.1) is 7.11 Å². The van der Waals surface area contributed by atoms with E-state index in [2.05, 4.69) is 9.72 Å². The van der Waals surface area contributed by atoms with Crippen LogP contribution < -0.4 is 10.5 Å². The van der Waals surface area contributed by atoms with E-state index >= 15 is 0 Å². The fraction of sp³-hybridized carbons (Fsp3) is 0.391. The minimum Gasteiger partial charge on any atom is -0.465 e. The molecule has 178 valence electrons. The van der Waals surface area contributed by atoms with Crippen LogP contribution >= 0.6 is 0 Å². The number of pyridine rings is 1. The summed E-state index contributed by atoms with van der Waals surface area (Å²) >= 11 is 0. The summed E-state index contributed by atoms with van der Waals surface area (Å²) in [6.07, 6.45) is 0. The van der Waals surface area contributed by atoms with E-state index in [1.54, 1.807) is 41.5 Å². The largest absolute Gasteiger partial charge is 0.465 e. The standard InChI is InChI=1S/C23H27FN2O7/c1-22(2,3)32-20(28)14-11-16(17(25)18(26-14)21(29)33-23(4,5)6)31-15-10-12(24)8-9-13(15)19(27)30-7/h8-11H,25H2,1-7H3. The fourth-order valence-electron chi connectivity index (χ4n) is 2.51. The summed E-state index contributed by atoms with van der Waals surface area (Å²) in [5.74, 6) is -3.75. The molecule has 0 aliphatic carbocycles. The predicted octanol–water partition coefficient (Wildman–Crippen LogP) is 4.29. The predicted molar refractivity (Wildman–Crippen MR) is 117 cm³/mol. The molecule has 0 fully saturated rings. The summed E-state index contributed by atoms with van der Waals surface area (Å²) in [5, 5.41) is 0. The van der Waals surface area contributed by atoms with Crippen molar-refractivity contribution in [1.29, 1.82) is 0 Å². The molecule has 0 saturated heterocycles. The van der Waals surface area contributed by atoms with Crippen molar-refractivity contribution in [2.45, 2.75) is 52.7 Å². The molecule has 0 bridgehead atoms. The highest BCUT2D eigenvalue weighted by atomic mass is 19.1. The third-order valence-corrected chi connectivity index (χ3v) is 3.79. The maximum absolute atomic E-state index is 13.9. The summed E-state index contributed by atoms with van der Waals surface area (Å²) in [6.45, 7) is 9.90. The van der Waals surface area contributed by atoms with Gasteiger partial charge in [0.15, 0.2) is 17.1 Å². The first kappa shape index (κ1) is 25.6. The molecule has 9 nitrogen and oxygen atoms in total. The van der Waals surface area contributed by atoms with Crippen molar-refractivity contribution in [3.63, 3.8) is 0 Å². The number of carbonyl (C=O) groups excluding carboxylic acids is 3. The number of hydrogen-bond donors (Lipinski definition) is 1. The van der Waals surface area contributed by atoms with Crippen molar-refractivity contribution >= 4 is 23.6 Å². The Bertz CT molecular complexity index is 1090. The molecule has 10 heteroatoms. The summed E-state index contributed by atoms with van der Waals surface area (Å²) in [7, 11) is 1.15. The molecule has 0 amide bonds. The molecule has 0 aliphatic heterocycles. The minimum atomic E-state index is -0.914. The van der Waals surface area contributed by atoms with Crippen LogP contribution in [0, 0.1) is 5.82 Å². The minimum absolute atomic E-state index is 0.104. The molecule has 1 aromatic carbocycles. The Morgan fingerprint density at radius 3 is 2.00 bits per heavy atom. The number of aromatic nitrogens is 1. The van der Waals surface area contributed by atoms with Gasteiger partial charge in [0.1, 0.15) is 34.0 Å². The number of methoxy groups -OCH3 is 1. The summed E-state index contributed by atoms with van der Waals surface area (Å²) in [5.41, 5.74) is 3.27. The number of anilines is 1. The Morgan fingerprint density at radius 1 is 0.879 bits per heavy atom. The van der Waals surface area contributed by atoms with Crippen LogP contribution in [0.25, 0.3) is 0 Å². The molecular formula is C23H27FN2O7. The van der Waals surface area contributed by atoms with Gasteiger partial charge in [-0.05, 0) is 53.7 Å². The fourth-order valence-corrected chi connectivity index (χ4v) is 2.51. The van der Waals surface area contributed by atoms with Crippen LogP contribution in [0.15, 0.2) is 24.3 Å². The van der Waals surface area contributed by atoms with Crippen LogP contribution in [0.2, 0.25) is 0 Å². The quantitative estimate of drug-likeness (QED) is 0.511. The van der Waals surface area contributed by atoms with Gasteiger partial charge in [-0.3, -0.25) is 0 Å². The lowest BCUT2D eigenvalue weighted by Gasteiger charge is -2.22. The second kappa shape index (κ2) is 9.43. The SMILES string of the molecule is COC(=O)c1ccc(F)cc1Oc1cc(C(=O)OC(C)(C)C)nc(C(=O)OC(C)(C)C)c1N. The summed E-state index contributed by atoms with van der Waals surface area (Å²) in [4.78, 5) is 41.4. The topological polar surface area (TPSA) is 127 Å². The lowest BCUT2D eigenvalue weighted by Crippen LogP contribution is -2.27. The number of rotatable bonds is 5. The van der Waals surface area contributed by atoms with Crippen LogP contribution in [-0.2, 0) is 14.2 Å². The van der Waals surface area contributed by atoms with Gasteiger partial charge in [-0.15, -0.1) is 0 Å². The van der Waals surface area contributed by atoms with Crippen LogP contribution in [0.4, 0.5) is 10.1 Å². The number of nitrogens with zero attached hydrogens (tertiary/aromatic N) is 1. The number of esters is 3. The molecule has 1 heterocycles. The van der Waals surface area contributed by atoms with Gasteiger partial charge in [-0.1, -0.05) is 0 Å². The first-order valence-electron chi connectivity index (χ1n) is 9.94. The molecule has 0 radical (unpaired) electrons. The lowest BCUT2D eigenvalue weighted by atomic mass is 10.1. The number of hydrogen-bond acceptors (Lipinski definition) is 9. The van der Waals surface area contributed by atoms with Gasteiger partial charge in [-0.2, -0.15) is 0 Å². The molecule has 0 spiro atoms. The summed E-state index contributed by atoms with van der Waals surface area (Å²) < 4.78 is 34.9. The molecule has 0 aliphatic rings. The zero-order chi connectivity index (χ0) is 25.1. The van der Waals surface area contributed by atoms with Gasteiger partial charge in [0.25, 0.3) is 0 Å². The first-order chi connectivity index (χ1) is 15.1. The van der Waals surface area contributed by atoms with Crippen LogP contribution in [0.5, 0.6) is 11.5 Å². The molecule has 2 rings (SSSR count). The molecule has 0 saturated carbocycles. The number of halogens is 1. The second-order valence-electron chi connectivity index (χ2n) is 9.01. The zero-order valence-corrected chi connectivity index (χ0v) is 19.6. The monoisotopic (exact) mass is 462 g/mol. The first-order valence-corrected chi connectivity index (χ1v) is 9.94. The van der Waals surface area contributed by atoms with Crippen molar-refractivity contribution in [2.75, 3.05) is 12.8 Å². The molecule has 0 unspecified atom stereocenters. The number of nitrogen functional groups attached to an aromatic ring is 1. The van der Waals surface area contributed by atoms with Crippen LogP contribution in [0.3, 0.4) is 0 Å². The number of carbonyl (C=O) groups is 3. The molecule has 0 atom stereocenters. The normalized spacial score (nSPS) is 11.5. The number of ether oxygens (including phenoxy) is 4. The second-order valence-corrected chi connectivity index (χ2v) is 9.01. The Balaban J connectivity index is 2.64. The van der Waals surface area contributed by atoms with E-state index in [0.29, 0.717) is 0 Å². The van der Waals surface area contributed by atoms with Crippen LogP contribution in [-0.4, -0.2) is 41.2 Å². The number of benzene rings is 1. The molecule has 2 aromatic rings. The van der Waals surface area contributed by atoms with Crippen molar-refractivity contribution in [1.82, 2.24) is 4.98 Å². The van der Waals surface area contributed by atoms with Crippen molar-refractivity contribution in [2.24, 2.45) is 0 Å². The van der Waals surface area contributed by atoms with E-state index in [0.717, 1.165) is 31.4 Å². The van der Waals surface area contributed by atoms with E-state index in [1.807, 2.05) is 0 Å². The Morgan fingerprint density at radius 2 is 1.45 bits per heavy atom. The maximum atomic E-state index is 13.9. The highest BCUT2D eigenvalue weighted by Gasteiger charge is 2.28. The summed E-state index contributed by atoms with van der Waals surface area (Å²) in [6, 6.07) is 4.28. The lowest BCUT2D eigenvalue weighted by molar-refractivity contribution is 0.00577.